The average molecular weight is 369 g/mol. The summed E-state index contributed by atoms with van der Waals surface area (Å²) in [6, 6.07) is 7.15. The van der Waals surface area contributed by atoms with Crippen molar-refractivity contribution in [2.45, 2.75) is 33.8 Å². The Labute approximate surface area is 158 Å². The van der Waals surface area contributed by atoms with Crippen molar-refractivity contribution >= 4 is 23.6 Å². The molecule has 1 N–H and O–H groups in total. The second-order valence-electron chi connectivity index (χ2n) is 6.23. The van der Waals surface area contributed by atoms with Crippen LogP contribution >= 0.6 is 0 Å². The Kier molecular flexibility index (Phi) is 6.34. The molecule has 27 heavy (non-hydrogen) atoms. The Morgan fingerprint density at radius 3 is 2.26 bits per heavy atom. The Balaban J connectivity index is 2.05. The molecule has 0 saturated heterocycles. The summed E-state index contributed by atoms with van der Waals surface area (Å²) in [7, 11) is 1.58. The number of rotatable bonds is 7. The summed E-state index contributed by atoms with van der Waals surface area (Å²) in [6.45, 7) is 6.38. The van der Waals surface area contributed by atoms with E-state index in [-0.39, 0.29) is 17.3 Å². The number of hydrogen-bond donors (Lipinski definition) is 1. The molecule has 2 rings (SSSR count). The van der Waals surface area contributed by atoms with Crippen molar-refractivity contribution in [2.24, 2.45) is 0 Å². The van der Waals surface area contributed by atoms with Crippen LogP contribution in [0, 0.1) is 13.8 Å². The van der Waals surface area contributed by atoms with Gasteiger partial charge in [-0.3, -0.25) is 9.59 Å². The van der Waals surface area contributed by atoms with Gasteiger partial charge in [0.25, 0.3) is 0 Å². The number of aromatic nitrogens is 1. The van der Waals surface area contributed by atoms with Crippen LogP contribution in [0.2, 0.25) is 0 Å². The fraction of sp³-hybridized carbons (Fsp3) is 0.286. The van der Waals surface area contributed by atoms with Gasteiger partial charge in [-0.05, 0) is 57.0 Å². The summed E-state index contributed by atoms with van der Waals surface area (Å²) in [4.78, 5) is 39.2. The maximum Gasteiger partial charge on any atom is 0.331 e. The molecule has 6 nitrogen and oxygen atoms in total. The lowest BCUT2D eigenvalue weighted by Crippen LogP contribution is -2.24. The smallest absolute Gasteiger partial charge is 0.331 e. The van der Waals surface area contributed by atoms with Gasteiger partial charge in [-0.2, -0.15) is 0 Å². The summed E-state index contributed by atoms with van der Waals surface area (Å²) in [6.07, 6.45) is 1.88. The molecule has 0 aliphatic heterocycles. The molecule has 1 atom stereocenters. The van der Waals surface area contributed by atoms with Crippen LogP contribution in [0.3, 0.4) is 0 Å². The van der Waals surface area contributed by atoms with Crippen LogP contribution in [0.15, 0.2) is 30.3 Å². The molecule has 0 radical (unpaired) electrons. The number of aryl methyl sites for hydroxylation is 1. The van der Waals surface area contributed by atoms with Crippen LogP contribution in [0.1, 0.15) is 51.5 Å². The minimum atomic E-state index is -0.977. The monoisotopic (exact) mass is 369 g/mol. The summed E-state index contributed by atoms with van der Waals surface area (Å²) in [5, 5.41) is 0. The van der Waals surface area contributed by atoms with Gasteiger partial charge in [0, 0.05) is 17.3 Å². The highest BCUT2D eigenvalue weighted by molar-refractivity contribution is 6.05. The first-order chi connectivity index (χ1) is 12.7. The zero-order chi connectivity index (χ0) is 20.1. The predicted molar refractivity (Wildman–Crippen MR) is 102 cm³/mol. The molecule has 6 heteroatoms. The molecular formula is C21H23NO5. The minimum absolute atomic E-state index is 0.118. The maximum absolute atomic E-state index is 12.6. The minimum Gasteiger partial charge on any atom is -0.497 e. The molecule has 142 valence electrons. The standard InChI is InChI=1S/C21H23NO5/c1-12-19(14(3)23)13(2)22-20(12)21(25)15(4)27-18(24)11-8-16-6-9-17(26-5)10-7-16/h6-11,15,22H,1-5H3/b11-8+/t15-/m1/s1. The molecule has 1 heterocycles. The Morgan fingerprint density at radius 1 is 1.11 bits per heavy atom. The molecule has 0 aliphatic rings. The number of Topliss-reactive ketones (excluding diaryl/α,β-unsaturated/α-hetero) is 2. The van der Waals surface area contributed by atoms with Crippen molar-refractivity contribution < 1.29 is 23.9 Å². The van der Waals surface area contributed by atoms with E-state index in [2.05, 4.69) is 4.98 Å². The van der Waals surface area contributed by atoms with Gasteiger partial charge < -0.3 is 14.5 Å². The number of nitrogens with one attached hydrogen (secondary N) is 1. The lowest BCUT2D eigenvalue weighted by atomic mass is 10.0. The van der Waals surface area contributed by atoms with Gasteiger partial charge in [0.15, 0.2) is 11.9 Å². The lowest BCUT2D eigenvalue weighted by molar-refractivity contribution is -0.140. The molecule has 1 aromatic heterocycles. The van der Waals surface area contributed by atoms with Crippen molar-refractivity contribution in [2.75, 3.05) is 7.11 Å². The van der Waals surface area contributed by atoms with E-state index in [1.54, 1.807) is 51.3 Å². The van der Waals surface area contributed by atoms with E-state index in [9.17, 15) is 14.4 Å². The first kappa shape index (κ1) is 20.2. The highest BCUT2D eigenvalue weighted by atomic mass is 16.5. The molecule has 0 unspecified atom stereocenters. The third-order valence-electron chi connectivity index (χ3n) is 4.23. The Hall–Kier alpha value is -3.15. The van der Waals surface area contributed by atoms with Crippen LogP contribution in [-0.2, 0) is 9.53 Å². The summed E-state index contributed by atoms with van der Waals surface area (Å²) < 4.78 is 10.3. The molecule has 2 aromatic rings. The number of aromatic amines is 1. The van der Waals surface area contributed by atoms with Crippen molar-refractivity contribution in [3.05, 3.63) is 58.4 Å². The van der Waals surface area contributed by atoms with Crippen molar-refractivity contribution in [3.63, 3.8) is 0 Å². The summed E-state index contributed by atoms with van der Waals surface area (Å²) >= 11 is 0. The molecule has 0 spiro atoms. The zero-order valence-corrected chi connectivity index (χ0v) is 16.1. The molecule has 0 aliphatic carbocycles. The largest absolute Gasteiger partial charge is 0.497 e. The van der Waals surface area contributed by atoms with Gasteiger partial charge in [0.1, 0.15) is 5.75 Å². The normalized spacial score (nSPS) is 12.0. The Morgan fingerprint density at radius 2 is 1.74 bits per heavy atom. The number of carbonyl (C=O) groups excluding carboxylic acids is 3. The maximum atomic E-state index is 12.6. The van der Waals surface area contributed by atoms with E-state index >= 15 is 0 Å². The SMILES string of the molecule is COc1ccc(/C=C/C(=O)O[C@H](C)C(=O)c2[nH]c(C)c(C(C)=O)c2C)cc1. The highest BCUT2D eigenvalue weighted by Gasteiger charge is 2.25. The van der Waals surface area contributed by atoms with Crippen LogP contribution < -0.4 is 4.74 Å². The number of esters is 1. The van der Waals surface area contributed by atoms with E-state index in [0.29, 0.717) is 16.8 Å². The van der Waals surface area contributed by atoms with Gasteiger partial charge in [-0.25, -0.2) is 4.79 Å². The molecule has 0 bridgehead atoms. The van der Waals surface area contributed by atoms with Crippen LogP contribution in [0.5, 0.6) is 5.75 Å². The molecule has 0 fully saturated rings. The number of methoxy groups -OCH3 is 1. The summed E-state index contributed by atoms with van der Waals surface area (Å²) in [5.41, 5.74) is 2.78. The second-order valence-corrected chi connectivity index (χ2v) is 6.23. The van der Waals surface area contributed by atoms with Gasteiger partial charge >= 0.3 is 5.97 Å². The number of ketones is 2. The van der Waals surface area contributed by atoms with Crippen molar-refractivity contribution in [1.82, 2.24) is 4.98 Å². The number of benzene rings is 1. The third kappa shape index (κ3) is 4.73. The van der Waals surface area contributed by atoms with Gasteiger partial charge in [0.05, 0.1) is 12.8 Å². The first-order valence-electron chi connectivity index (χ1n) is 8.51. The zero-order valence-electron chi connectivity index (χ0n) is 16.1. The number of H-pyrrole nitrogens is 1. The lowest BCUT2D eigenvalue weighted by Gasteiger charge is -2.10. The Bertz CT molecular complexity index is 890. The van der Waals surface area contributed by atoms with Crippen LogP contribution in [-0.4, -0.2) is 35.7 Å². The number of ether oxygens (including phenoxy) is 2. The fourth-order valence-electron chi connectivity index (χ4n) is 2.87. The first-order valence-corrected chi connectivity index (χ1v) is 8.51. The topological polar surface area (TPSA) is 85.5 Å². The molecule has 0 saturated carbocycles. The van der Waals surface area contributed by atoms with Crippen LogP contribution in [0.25, 0.3) is 6.08 Å². The van der Waals surface area contributed by atoms with Crippen molar-refractivity contribution in [1.29, 1.82) is 0 Å². The average Bonchev–Trinajstić information content (AvgIpc) is 2.94. The van der Waals surface area contributed by atoms with Crippen molar-refractivity contribution in [3.8, 4) is 5.75 Å². The van der Waals surface area contributed by atoms with E-state index < -0.39 is 12.1 Å². The third-order valence-corrected chi connectivity index (χ3v) is 4.23. The summed E-state index contributed by atoms with van der Waals surface area (Å²) in [5.74, 6) is -0.406. The quantitative estimate of drug-likeness (QED) is 0.457. The van der Waals surface area contributed by atoms with E-state index in [1.165, 1.54) is 19.9 Å². The number of carbonyl (C=O) groups is 3. The molecule has 0 amide bonds. The predicted octanol–water partition coefficient (Wildman–Crippen LogP) is 3.67. The van der Waals surface area contributed by atoms with E-state index in [4.69, 9.17) is 9.47 Å². The van der Waals surface area contributed by atoms with E-state index in [0.717, 1.165) is 11.3 Å². The van der Waals surface area contributed by atoms with Gasteiger partial charge in [-0.15, -0.1) is 0 Å². The number of hydrogen-bond acceptors (Lipinski definition) is 5. The van der Waals surface area contributed by atoms with Gasteiger partial charge in [0.2, 0.25) is 5.78 Å². The highest BCUT2D eigenvalue weighted by Crippen LogP contribution is 2.20. The van der Waals surface area contributed by atoms with Crippen LogP contribution in [0.4, 0.5) is 0 Å². The fourth-order valence-corrected chi connectivity index (χ4v) is 2.87. The van der Waals surface area contributed by atoms with E-state index in [1.807, 2.05) is 0 Å². The van der Waals surface area contributed by atoms with Gasteiger partial charge in [-0.1, -0.05) is 12.1 Å². The molecular weight excluding hydrogens is 346 g/mol. The second kappa shape index (κ2) is 8.49. The molecule has 1 aromatic carbocycles.